The van der Waals surface area contributed by atoms with Crippen LogP contribution in [0.2, 0.25) is 0 Å². The first kappa shape index (κ1) is 35.8. The zero-order valence-corrected chi connectivity index (χ0v) is 27.7. The van der Waals surface area contributed by atoms with E-state index < -0.39 is 0 Å². The van der Waals surface area contributed by atoms with E-state index in [1.807, 2.05) is 74.5 Å². The Morgan fingerprint density at radius 2 is 1.61 bits per heavy atom. The number of aliphatic hydroxyl groups is 1. The number of hydrogen-bond acceptors (Lipinski definition) is 6. The molecule has 0 unspecified atom stereocenters. The van der Waals surface area contributed by atoms with Gasteiger partial charge in [0.15, 0.2) is 5.75 Å². The number of ether oxygens (including phenoxy) is 2. The summed E-state index contributed by atoms with van der Waals surface area (Å²) in [5.74, 6) is 1.81. The number of carbonyl (C=O) groups excluding carboxylic acids is 2. The van der Waals surface area contributed by atoms with Gasteiger partial charge in [-0.15, -0.1) is 0 Å². The maximum atomic E-state index is 12.7. The Bertz CT molecular complexity index is 1510. The summed E-state index contributed by atoms with van der Waals surface area (Å²) in [6.45, 7) is 8.16. The number of para-hydroxylation sites is 2. The average Bonchev–Trinajstić information content (AvgIpc) is 3.05. The van der Waals surface area contributed by atoms with Gasteiger partial charge in [0.2, 0.25) is 5.91 Å². The summed E-state index contributed by atoms with van der Waals surface area (Å²) in [4.78, 5) is 28.9. The topological polar surface area (TPSA) is 91.3 Å². The van der Waals surface area contributed by atoms with Gasteiger partial charge in [0.1, 0.15) is 11.5 Å². The van der Waals surface area contributed by atoms with Crippen LogP contribution < -0.4 is 14.8 Å². The van der Waals surface area contributed by atoms with Crippen LogP contribution in [-0.2, 0) is 17.8 Å². The molecule has 0 radical (unpaired) electrons. The number of rotatable bonds is 9. The third kappa shape index (κ3) is 11.1. The van der Waals surface area contributed by atoms with Gasteiger partial charge in [-0.3, -0.25) is 9.59 Å². The second-order valence-corrected chi connectivity index (χ2v) is 10.9. The maximum Gasteiger partial charge on any atom is 0.257 e. The summed E-state index contributed by atoms with van der Waals surface area (Å²) < 4.78 is 11.6. The standard InChI is InChI=1S/C20H22N2O4.C16H19NO.C2H6/c23-12-11-22-10-5-13-26-19-16(20(22)25)8-4-9-17(19)21-18(24)14-15-6-2-1-3-7-15;1-13-6-4-5-7-16(13)18-15-10-8-14(9-11-15)12-17(2)3;1-2/h1-4,6-9,23H,5,10-14H2,(H,21,24);4-11H,12H2,1-3H3;1-2H3. The zero-order chi connectivity index (χ0) is 33.3. The van der Waals surface area contributed by atoms with Gasteiger partial charge in [0.05, 0.1) is 30.9 Å². The van der Waals surface area contributed by atoms with E-state index in [9.17, 15) is 14.7 Å². The van der Waals surface area contributed by atoms with Gasteiger partial charge in [-0.1, -0.05) is 80.6 Å². The Morgan fingerprint density at radius 1 is 0.913 bits per heavy atom. The Morgan fingerprint density at radius 3 is 2.28 bits per heavy atom. The molecular formula is C38H47N3O5. The smallest absolute Gasteiger partial charge is 0.257 e. The van der Waals surface area contributed by atoms with Gasteiger partial charge in [-0.25, -0.2) is 0 Å². The lowest BCUT2D eigenvalue weighted by atomic mass is 10.1. The van der Waals surface area contributed by atoms with Crippen LogP contribution in [0.1, 0.15) is 47.3 Å². The van der Waals surface area contributed by atoms with E-state index in [0.29, 0.717) is 36.6 Å². The number of carbonyl (C=O) groups is 2. The molecule has 1 aliphatic heterocycles. The predicted molar refractivity (Wildman–Crippen MR) is 185 cm³/mol. The van der Waals surface area contributed by atoms with Crippen LogP contribution in [0.25, 0.3) is 0 Å². The van der Waals surface area contributed by atoms with E-state index in [0.717, 1.165) is 29.2 Å². The summed E-state index contributed by atoms with van der Waals surface area (Å²) in [5, 5.41) is 12.0. The first-order chi connectivity index (χ1) is 22.3. The Hall–Kier alpha value is -4.66. The summed E-state index contributed by atoms with van der Waals surface area (Å²) in [5.41, 5.74) is 4.24. The van der Waals surface area contributed by atoms with Gasteiger partial charge in [0, 0.05) is 19.6 Å². The first-order valence-corrected chi connectivity index (χ1v) is 15.8. The molecule has 0 fully saturated rings. The number of nitrogens with one attached hydrogen (secondary N) is 1. The molecule has 8 heteroatoms. The van der Waals surface area contributed by atoms with Crippen molar-refractivity contribution in [2.24, 2.45) is 0 Å². The fourth-order valence-electron chi connectivity index (χ4n) is 4.80. The first-order valence-electron chi connectivity index (χ1n) is 15.8. The molecule has 8 nitrogen and oxygen atoms in total. The van der Waals surface area contributed by atoms with E-state index in [-0.39, 0.29) is 31.4 Å². The van der Waals surface area contributed by atoms with Crippen molar-refractivity contribution in [2.75, 3.05) is 45.7 Å². The van der Waals surface area contributed by atoms with Crippen LogP contribution in [0.4, 0.5) is 5.69 Å². The van der Waals surface area contributed by atoms with Crippen molar-refractivity contribution in [1.29, 1.82) is 0 Å². The van der Waals surface area contributed by atoms with Crippen molar-refractivity contribution in [3.05, 3.63) is 119 Å². The van der Waals surface area contributed by atoms with Crippen LogP contribution in [0.15, 0.2) is 97.1 Å². The largest absolute Gasteiger partial charge is 0.490 e. The van der Waals surface area contributed by atoms with Crippen molar-refractivity contribution in [2.45, 2.75) is 40.2 Å². The van der Waals surface area contributed by atoms with Crippen LogP contribution in [0.5, 0.6) is 17.2 Å². The number of nitrogens with zero attached hydrogens (tertiary/aromatic N) is 2. The highest BCUT2D eigenvalue weighted by atomic mass is 16.5. The number of β-amino-alcohol motifs (C(OH)–C–C–N with tert-alkyl or cyclic N) is 1. The second-order valence-electron chi connectivity index (χ2n) is 10.9. The molecule has 2 amide bonds. The van der Waals surface area contributed by atoms with Crippen LogP contribution in [-0.4, -0.2) is 67.1 Å². The van der Waals surface area contributed by atoms with Crippen molar-refractivity contribution in [3.63, 3.8) is 0 Å². The van der Waals surface area contributed by atoms with Crippen molar-refractivity contribution in [3.8, 4) is 17.2 Å². The van der Waals surface area contributed by atoms with Crippen LogP contribution >= 0.6 is 0 Å². The number of anilines is 1. The minimum absolute atomic E-state index is 0.0879. The van der Waals surface area contributed by atoms with Gasteiger partial charge in [-0.2, -0.15) is 0 Å². The predicted octanol–water partition coefficient (Wildman–Crippen LogP) is 6.96. The summed E-state index contributed by atoms with van der Waals surface area (Å²) in [6.07, 6.45) is 0.909. The lowest BCUT2D eigenvalue weighted by molar-refractivity contribution is -0.115. The molecule has 244 valence electrons. The van der Waals surface area contributed by atoms with Gasteiger partial charge in [0.25, 0.3) is 5.91 Å². The summed E-state index contributed by atoms with van der Waals surface area (Å²) >= 11 is 0. The minimum Gasteiger partial charge on any atom is -0.490 e. The highest BCUT2D eigenvalue weighted by Crippen LogP contribution is 2.32. The van der Waals surface area contributed by atoms with Crippen molar-refractivity contribution in [1.82, 2.24) is 9.80 Å². The Balaban J connectivity index is 0.000000252. The van der Waals surface area contributed by atoms with E-state index in [2.05, 4.69) is 49.4 Å². The molecule has 1 heterocycles. The molecule has 0 spiro atoms. The monoisotopic (exact) mass is 625 g/mol. The second kappa shape index (κ2) is 19.0. The van der Waals surface area contributed by atoms with Gasteiger partial charge < -0.3 is 29.7 Å². The molecule has 0 aliphatic carbocycles. The third-order valence-electron chi connectivity index (χ3n) is 6.95. The Labute approximate surface area is 273 Å². The summed E-state index contributed by atoms with van der Waals surface area (Å²) in [6, 6.07) is 30.9. The number of amides is 2. The quantitative estimate of drug-likeness (QED) is 0.209. The van der Waals surface area contributed by atoms with Gasteiger partial charge in [-0.05, 0) is 74.5 Å². The highest BCUT2D eigenvalue weighted by Gasteiger charge is 2.24. The van der Waals surface area contributed by atoms with Gasteiger partial charge >= 0.3 is 0 Å². The molecule has 0 saturated carbocycles. The number of aryl methyl sites for hydroxylation is 1. The lowest BCUT2D eigenvalue weighted by Gasteiger charge is -2.26. The number of hydrogen-bond donors (Lipinski definition) is 2. The highest BCUT2D eigenvalue weighted by molar-refractivity contribution is 6.01. The molecule has 4 aromatic rings. The van der Waals surface area contributed by atoms with Crippen LogP contribution in [0.3, 0.4) is 0 Å². The van der Waals surface area contributed by atoms with Crippen molar-refractivity contribution < 1.29 is 24.2 Å². The fourth-order valence-corrected chi connectivity index (χ4v) is 4.80. The zero-order valence-electron chi connectivity index (χ0n) is 27.7. The minimum atomic E-state index is -0.201. The van der Waals surface area contributed by atoms with E-state index >= 15 is 0 Å². The SMILES string of the molecule is CC.Cc1ccccc1Oc1ccc(CN(C)C)cc1.O=C(Cc1ccccc1)Nc1cccc2c1OCCCN(CCO)C2=O. The summed E-state index contributed by atoms with van der Waals surface area (Å²) in [7, 11) is 4.13. The van der Waals surface area contributed by atoms with E-state index in [1.54, 1.807) is 23.1 Å². The molecular weight excluding hydrogens is 578 g/mol. The molecule has 1 aliphatic rings. The molecule has 5 rings (SSSR count). The third-order valence-corrected chi connectivity index (χ3v) is 6.95. The molecule has 46 heavy (non-hydrogen) atoms. The van der Waals surface area contributed by atoms with E-state index in [4.69, 9.17) is 9.47 Å². The van der Waals surface area contributed by atoms with E-state index in [1.165, 1.54) is 5.56 Å². The molecule has 2 N–H and O–H groups in total. The lowest BCUT2D eigenvalue weighted by Crippen LogP contribution is -2.36. The number of benzene rings is 4. The molecule has 0 atom stereocenters. The molecule has 0 saturated heterocycles. The number of aliphatic hydroxyl groups excluding tert-OH is 1. The van der Waals surface area contributed by atoms with Crippen LogP contribution in [0, 0.1) is 6.92 Å². The normalized spacial score (nSPS) is 12.2. The Kier molecular flexibility index (Phi) is 14.8. The average molecular weight is 626 g/mol. The maximum absolute atomic E-state index is 12.7. The molecule has 4 aromatic carbocycles. The molecule has 0 aromatic heterocycles. The molecule has 0 bridgehead atoms. The fraction of sp³-hybridized carbons (Fsp3) is 0.316. The number of fused-ring (bicyclic) bond motifs is 1. The van der Waals surface area contributed by atoms with Crippen molar-refractivity contribution >= 4 is 17.5 Å².